The fourth-order valence-corrected chi connectivity index (χ4v) is 2.70. The molecule has 0 aliphatic carbocycles. The summed E-state index contributed by atoms with van der Waals surface area (Å²) in [5.41, 5.74) is 1.35. The van der Waals surface area contributed by atoms with Crippen LogP contribution in [0.2, 0.25) is 0 Å². The van der Waals surface area contributed by atoms with E-state index in [1.807, 2.05) is 42.5 Å². The smallest absolute Gasteiger partial charge is 0.257 e. The van der Waals surface area contributed by atoms with Crippen molar-refractivity contribution >= 4 is 28.9 Å². The molecule has 138 valence electrons. The van der Waals surface area contributed by atoms with E-state index >= 15 is 0 Å². The number of benzene rings is 2. The van der Waals surface area contributed by atoms with Crippen LogP contribution in [0, 0.1) is 0 Å². The van der Waals surface area contributed by atoms with Gasteiger partial charge in [-0.15, -0.1) is 0 Å². The number of anilines is 1. The number of unbranched alkanes of at least 4 members (excludes halogenated alkanes) is 4. The molecule has 4 nitrogen and oxygen atoms in total. The summed E-state index contributed by atoms with van der Waals surface area (Å²) >= 11 is 5.22. The molecule has 0 spiro atoms. The normalized spacial score (nSPS) is 10.2. The SMILES string of the molecule is CCCCCCCOc1cccc(NC(=S)NC(=O)c2ccccc2)c1. The van der Waals surface area contributed by atoms with Gasteiger partial charge in [-0.1, -0.05) is 56.9 Å². The fraction of sp³-hybridized carbons (Fsp3) is 0.333. The van der Waals surface area contributed by atoms with E-state index in [0.29, 0.717) is 12.2 Å². The molecule has 0 bridgehead atoms. The highest BCUT2D eigenvalue weighted by atomic mass is 32.1. The largest absolute Gasteiger partial charge is 0.494 e. The Bertz CT molecular complexity index is 704. The third kappa shape index (κ3) is 7.23. The third-order valence-electron chi connectivity index (χ3n) is 3.87. The summed E-state index contributed by atoms with van der Waals surface area (Å²) in [4.78, 5) is 12.1. The predicted molar refractivity (Wildman–Crippen MR) is 111 cm³/mol. The van der Waals surface area contributed by atoms with E-state index in [2.05, 4.69) is 17.6 Å². The molecular formula is C21H26N2O2S. The topological polar surface area (TPSA) is 50.4 Å². The van der Waals surface area contributed by atoms with Gasteiger partial charge < -0.3 is 10.1 Å². The Balaban J connectivity index is 1.78. The molecule has 2 N–H and O–H groups in total. The second-order valence-corrected chi connectivity index (χ2v) is 6.47. The molecule has 1 amide bonds. The van der Waals surface area contributed by atoms with Gasteiger partial charge in [0.05, 0.1) is 6.61 Å². The van der Waals surface area contributed by atoms with Crippen LogP contribution in [-0.2, 0) is 0 Å². The molecule has 0 atom stereocenters. The summed E-state index contributed by atoms with van der Waals surface area (Å²) in [6, 6.07) is 16.6. The predicted octanol–water partition coefficient (Wildman–Crippen LogP) is 5.16. The maximum atomic E-state index is 12.1. The number of hydrogen-bond donors (Lipinski definition) is 2. The van der Waals surface area contributed by atoms with Crippen LogP contribution in [0.1, 0.15) is 49.4 Å². The minimum atomic E-state index is -0.234. The van der Waals surface area contributed by atoms with Gasteiger partial charge in [0.1, 0.15) is 5.75 Å². The van der Waals surface area contributed by atoms with Gasteiger partial charge in [-0.05, 0) is 42.9 Å². The molecule has 0 saturated heterocycles. The van der Waals surface area contributed by atoms with Gasteiger partial charge in [-0.2, -0.15) is 0 Å². The Kier molecular flexibility index (Phi) is 8.63. The van der Waals surface area contributed by atoms with Crippen molar-refractivity contribution in [3.05, 3.63) is 60.2 Å². The molecule has 0 aliphatic rings. The van der Waals surface area contributed by atoms with E-state index < -0.39 is 0 Å². The molecule has 26 heavy (non-hydrogen) atoms. The van der Waals surface area contributed by atoms with Crippen LogP contribution in [0.3, 0.4) is 0 Å². The Hall–Kier alpha value is -2.40. The van der Waals surface area contributed by atoms with Crippen LogP contribution in [0.5, 0.6) is 5.75 Å². The average Bonchev–Trinajstić information content (AvgIpc) is 2.65. The molecule has 0 saturated carbocycles. The molecule has 0 aliphatic heterocycles. The lowest BCUT2D eigenvalue weighted by Gasteiger charge is -2.11. The zero-order valence-corrected chi connectivity index (χ0v) is 16.0. The van der Waals surface area contributed by atoms with Crippen LogP contribution in [0.4, 0.5) is 5.69 Å². The number of hydrogen-bond acceptors (Lipinski definition) is 3. The quantitative estimate of drug-likeness (QED) is 0.473. The van der Waals surface area contributed by atoms with Crippen molar-refractivity contribution < 1.29 is 9.53 Å². The second-order valence-electron chi connectivity index (χ2n) is 6.06. The van der Waals surface area contributed by atoms with Crippen molar-refractivity contribution in [3.8, 4) is 5.75 Å². The molecule has 0 fully saturated rings. The molecule has 5 heteroatoms. The van der Waals surface area contributed by atoms with Crippen molar-refractivity contribution in [2.45, 2.75) is 39.0 Å². The molecule has 0 unspecified atom stereocenters. The lowest BCUT2D eigenvalue weighted by atomic mass is 10.2. The summed E-state index contributed by atoms with van der Waals surface area (Å²) in [5.74, 6) is 0.560. The van der Waals surface area contributed by atoms with Crippen LogP contribution in [0.15, 0.2) is 54.6 Å². The van der Waals surface area contributed by atoms with E-state index in [0.717, 1.165) is 17.9 Å². The van der Waals surface area contributed by atoms with Gasteiger partial charge in [0.25, 0.3) is 5.91 Å². The third-order valence-corrected chi connectivity index (χ3v) is 4.08. The first kappa shape index (κ1) is 19.9. The molecule has 2 rings (SSSR count). The lowest BCUT2D eigenvalue weighted by Crippen LogP contribution is -2.34. The number of nitrogens with one attached hydrogen (secondary N) is 2. The first-order valence-corrected chi connectivity index (χ1v) is 9.50. The molecule has 0 radical (unpaired) electrons. The van der Waals surface area contributed by atoms with Gasteiger partial charge in [0.15, 0.2) is 5.11 Å². The second kappa shape index (κ2) is 11.3. The van der Waals surface area contributed by atoms with Gasteiger partial charge >= 0.3 is 0 Å². The number of rotatable bonds is 9. The summed E-state index contributed by atoms with van der Waals surface area (Å²) < 4.78 is 5.79. The van der Waals surface area contributed by atoms with E-state index in [-0.39, 0.29) is 11.0 Å². The fourth-order valence-electron chi connectivity index (χ4n) is 2.49. The van der Waals surface area contributed by atoms with E-state index in [4.69, 9.17) is 17.0 Å². The van der Waals surface area contributed by atoms with Crippen LogP contribution < -0.4 is 15.4 Å². The van der Waals surface area contributed by atoms with Gasteiger partial charge in [-0.3, -0.25) is 10.1 Å². The number of amides is 1. The number of carbonyl (C=O) groups is 1. The van der Waals surface area contributed by atoms with E-state index in [9.17, 15) is 4.79 Å². The van der Waals surface area contributed by atoms with Crippen molar-refractivity contribution in [2.24, 2.45) is 0 Å². The maximum Gasteiger partial charge on any atom is 0.257 e. The minimum absolute atomic E-state index is 0.234. The highest BCUT2D eigenvalue weighted by Gasteiger charge is 2.07. The van der Waals surface area contributed by atoms with Crippen molar-refractivity contribution in [1.82, 2.24) is 5.32 Å². The van der Waals surface area contributed by atoms with E-state index in [1.54, 1.807) is 12.1 Å². The van der Waals surface area contributed by atoms with Crippen LogP contribution in [-0.4, -0.2) is 17.6 Å². The standard InChI is InChI=1S/C21H26N2O2S/c1-2-3-4-5-9-15-25-19-14-10-13-18(16-19)22-21(26)23-20(24)17-11-7-6-8-12-17/h6-8,10-14,16H,2-5,9,15H2,1H3,(H2,22,23,24,26). The Morgan fingerprint density at radius 1 is 1.00 bits per heavy atom. The first-order valence-electron chi connectivity index (χ1n) is 9.09. The van der Waals surface area contributed by atoms with Crippen molar-refractivity contribution in [3.63, 3.8) is 0 Å². The average molecular weight is 371 g/mol. The molecule has 0 aromatic heterocycles. The van der Waals surface area contributed by atoms with Gasteiger partial charge in [0.2, 0.25) is 0 Å². The summed E-state index contributed by atoms with van der Waals surface area (Å²) in [7, 11) is 0. The van der Waals surface area contributed by atoms with Gasteiger partial charge in [-0.25, -0.2) is 0 Å². The maximum absolute atomic E-state index is 12.1. The molecule has 2 aromatic carbocycles. The first-order chi connectivity index (χ1) is 12.7. The molecular weight excluding hydrogens is 344 g/mol. The number of carbonyl (C=O) groups excluding carboxylic acids is 1. The Labute approximate surface area is 161 Å². The monoisotopic (exact) mass is 370 g/mol. The molecule has 0 heterocycles. The number of thiocarbonyl (C=S) groups is 1. The summed E-state index contributed by atoms with van der Waals surface area (Å²) in [6.07, 6.45) is 6.04. The lowest BCUT2D eigenvalue weighted by molar-refractivity contribution is 0.0977. The highest BCUT2D eigenvalue weighted by molar-refractivity contribution is 7.80. The zero-order valence-electron chi connectivity index (χ0n) is 15.2. The van der Waals surface area contributed by atoms with Gasteiger partial charge in [0, 0.05) is 17.3 Å². The minimum Gasteiger partial charge on any atom is -0.494 e. The van der Waals surface area contributed by atoms with Crippen molar-refractivity contribution in [1.29, 1.82) is 0 Å². The zero-order chi connectivity index (χ0) is 18.6. The summed E-state index contributed by atoms with van der Waals surface area (Å²) in [5, 5.41) is 5.96. The Morgan fingerprint density at radius 2 is 1.77 bits per heavy atom. The number of ether oxygens (including phenoxy) is 1. The van der Waals surface area contributed by atoms with Crippen LogP contribution >= 0.6 is 12.2 Å². The van der Waals surface area contributed by atoms with Crippen molar-refractivity contribution in [2.75, 3.05) is 11.9 Å². The van der Waals surface area contributed by atoms with E-state index in [1.165, 1.54) is 25.7 Å². The highest BCUT2D eigenvalue weighted by Crippen LogP contribution is 2.18. The molecule has 2 aromatic rings. The summed E-state index contributed by atoms with van der Waals surface area (Å²) in [6.45, 7) is 2.92. The van der Waals surface area contributed by atoms with Crippen LogP contribution in [0.25, 0.3) is 0 Å². The Morgan fingerprint density at radius 3 is 2.54 bits per heavy atom.